The van der Waals surface area contributed by atoms with Gasteiger partial charge in [0.05, 0.1) is 24.3 Å². The monoisotopic (exact) mass is 532 g/mol. The average molecular weight is 533 g/mol. The highest BCUT2D eigenvalue weighted by atomic mass is 16.6. The van der Waals surface area contributed by atoms with Gasteiger partial charge in [0.25, 0.3) is 0 Å². The van der Waals surface area contributed by atoms with Gasteiger partial charge in [0, 0.05) is 25.9 Å². The first-order valence-corrected chi connectivity index (χ1v) is 14.2. The van der Waals surface area contributed by atoms with Gasteiger partial charge in [0.15, 0.2) is 0 Å². The second-order valence-corrected chi connectivity index (χ2v) is 11.9. The molecule has 2 saturated heterocycles. The van der Waals surface area contributed by atoms with E-state index in [9.17, 15) is 9.59 Å². The van der Waals surface area contributed by atoms with Crippen LogP contribution in [0, 0.1) is 23.7 Å². The van der Waals surface area contributed by atoms with Crippen molar-refractivity contribution in [3.63, 3.8) is 0 Å². The first kappa shape index (κ1) is 30.5. The quantitative estimate of drug-likeness (QED) is 0.372. The standard InChI is InChI=1S/C30H48N2O6/c1-19(2)29(20(3)4,17-25-31-12-14-35-25)37-27(33)23-10-9-11-24(16-23)28(34)38-30(21(5)6,22(7)8)18-26-32-13-15-36-26/h9-11,16,19-22,25-26,31-32H,12-15,17-18H2,1-8H3. The van der Waals surface area contributed by atoms with Crippen molar-refractivity contribution < 1.29 is 28.5 Å². The lowest BCUT2D eigenvalue weighted by Gasteiger charge is -2.42. The molecular formula is C30H48N2O6. The Kier molecular flexibility index (Phi) is 10.4. The lowest BCUT2D eigenvalue weighted by Crippen LogP contribution is -2.49. The molecule has 0 spiro atoms. The Labute approximate surface area is 228 Å². The van der Waals surface area contributed by atoms with Crippen molar-refractivity contribution in [1.82, 2.24) is 10.6 Å². The third-order valence-electron chi connectivity index (χ3n) is 8.40. The summed E-state index contributed by atoms with van der Waals surface area (Å²) in [7, 11) is 0. The highest BCUT2D eigenvalue weighted by Gasteiger charge is 2.45. The molecular weight excluding hydrogens is 484 g/mol. The van der Waals surface area contributed by atoms with Crippen LogP contribution in [0.25, 0.3) is 0 Å². The molecule has 3 rings (SSSR count). The zero-order chi connectivity index (χ0) is 28.1. The minimum atomic E-state index is -0.728. The first-order chi connectivity index (χ1) is 17.9. The van der Waals surface area contributed by atoms with Crippen molar-refractivity contribution in [2.24, 2.45) is 23.7 Å². The van der Waals surface area contributed by atoms with Crippen LogP contribution in [0.15, 0.2) is 24.3 Å². The number of carbonyl (C=O) groups excluding carboxylic acids is 2. The second-order valence-electron chi connectivity index (χ2n) is 11.9. The molecule has 0 radical (unpaired) electrons. The summed E-state index contributed by atoms with van der Waals surface area (Å²) >= 11 is 0. The summed E-state index contributed by atoms with van der Waals surface area (Å²) in [5, 5.41) is 6.67. The Morgan fingerprint density at radius 2 is 1.13 bits per heavy atom. The summed E-state index contributed by atoms with van der Waals surface area (Å²) in [4.78, 5) is 27.0. The number of rotatable bonds is 12. The van der Waals surface area contributed by atoms with E-state index < -0.39 is 23.1 Å². The van der Waals surface area contributed by atoms with E-state index in [1.54, 1.807) is 24.3 Å². The first-order valence-electron chi connectivity index (χ1n) is 14.2. The largest absolute Gasteiger partial charge is 0.455 e. The molecule has 0 aromatic heterocycles. The summed E-state index contributed by atoms with van der Waals surface area (Å²) < 4.78 is 24.2. The summed E-state index contributed by atoms with van der Waals surface area (Å²) in [5.74, 6) is -0.654. The minimum absolute atomic E-state index is 0.0645. The molecule has 0 aliphatic carbocycles. The van der Waals surface area contributed by atoms with Crippen LogP contribution in [-0.4, -0.2) is 61.9 Å². The number of esters is 2. The fourth-order valence-corrected chi connectivity index (χ4v) is 5.87. The molecule has 2 aliphatic heterocycles. The molecule has 2 fully saturated rings. The van der Waals surface area contributed by atoms with Gasteiger partial charge in [-0.05, 0) is 41.9 Å². The van der Waals surface area contributed by atoms with Crippen molar-refractivity contribution in [3.05, 3.63) is 35.4 Å². The molecule has 214 valence electrons. The van der Waals surface area contributed by atoms with Gasteiger partial charge < -0.3 is 18.9 Å². The summed E-state index contributed by atoms with van der Waals surface area (Å²) in [6.45, 7) is 19.4. The topological polar surface area (TPSA) is 95.1 Å². The van der Waals surface area contributed by atoms with Crippen molar-refractivity contribution in [3.8, 4) is 0 Å². The maximum absolute atomic E-state index is 13.5. The Hall–Kier alpha value is -2.00. The van der Waals surface area contributed by atoms with Gasteiger partial charge in [-0.1, -0.05) is 61.5 Å². The van der Waals surface area contributed by atoms with Crippen LogP contribution in [0.2, 0.25) is 0 Å². The lowest BCUT2D eigenvalue weighted by molar-refractivity contribution is -0.101. The van der Waals surface area contributed by atoms with Crippen LogP contribution < -0.4 is 10.6 Å². The summed E-state index contributed by atoms with van der Waals surface area (Å²) in [5.41, 5.74) is -0.806. The summed E-state index contributed by atoms with van der Waals surface area (Å²) in [6, 6.07) is 6.65. The van der Waals surface area contributed by atoms with Gasteiger partial charge in [-0.25, -0.2) is 9.59 Å². The third kappa shape index (κ3) is 6.76. The number of nitrogens with one attached hydrogen (secondary N) is 2. The van der Waals surface area contributed by atoms with E-state index in [0.29, 0.717) is 37.2 Å². The van der Waals surface area contributed by atoms with Crippen LogP contribution in [0.4, 0.5) is 0 Å². The van der Waals surface area contributed by atoms with Crippen LogP contribution in [0.5, 0.6) is 0 Å². The molecule has 1 aromatic carbocycles. The molecule has 0 bridgehead atoms. The average Bonchev–Trinajstić information content (AvgIpc) is 3.56. The zero-order valence-electron chi connectivity index (χ0n) is 24.5. The van der Waals surface area contributed by atoms with E-state index in [1.807, 2.05) is 0 Å². The normalized spacial score (nSPS) is 20.6. The highest BCUT2D eigenvalue weighted by Crippen LogP contribution is 2.38. The molecule has 2 N–H and O–H groups in total. The number of carbonyl (C=O) groups is 2. The molecule has 0 amide bonds. The molecule has 2 unspecified atom stereocenters. The van der Waals surface area contributed by atoms with Crippen LogP contribution in [-0.2, 0) is 18.9 Å². The second kappa shape index (κ2) is 12.9. The van der Waals surface area contributed by atoms with Gasteiger partial charge in [-0.15, -0.1) is 0 Å². The van der Waals surface area contributed by atoms with E-state index in [4.69, 9.17) is 18.9 Å². The van der Waals surface area contributed by atoms with Crippen LogP contribution >= 0.6 is 0 Å². The van der Waals surface area contributed by atoms with E-state index in [1.165, 1.54) is 0 Å². The van der Waals surface area contributed by atoms with Crippen molar-refractivity contribution in [1.29, 1.82) is 0 Å². The number of hydrogen-bond acceptors (Lipinski definition) is 8. The van der Waals surface area contributed by atoms with Gasteiger partial charge >= 0.3 is 11.9 Å². The van der Waals surface area contributed by atoms with Crippen molar-refractivity contribution in [2.75, 3.05) is 26.3 Å². The predicted octanol–water partition coefficient (Wildman–Crippen LogP) is 4.77. The van der Waals surface area contributed by atoms with Gasteiger partial charge in [0.1, 0.15) is 23.7 Å². The molecule has 8 heteroatoms. The number of hydrogen-bond donors (Lipinski definition) is 2. The molecule has 8 nitrogen and oxygen atoms in total. The molecule has 1 aromatic rings. The molecule has 2 atom stereocenters. The molecule has 2 heterocycles. The highest BCUT2D eigenvalue weighted by molar-refractivity contribution is 5.95. The molecule has 38 heavy (non-hydrogen) atoms. The van der Waals surface area contributed by atoms with E-state index in [0.717, 1.165) is 13.1 Å². The number of benzene rings is 1. The van der Waals surface area contributed by atoms with Crippen LogP contribution in [0.1, 0.15) is 88.9 Å². The molecule has 2 aliphatic rings. The predicted molar refractivity (Wildman–Crippen MR) is 147 cm³/mol. The fourth-order valence-electron chi connectivity index (χ4n) is 5.87. The van der Waals surface area contributed by atoms with Gasteiger partial charge in [0.2, 0.25) is 0 Å². The Balaban J connectivity index is 1.82. The Morgan fingerprint density at radius 3 is 1.42 bits per heavy atom. The van der Waals surface area contributed by atoms with Crippen molar-refractivity contribution in [2.45, 2.75) is 91.9 Å². The van der Waals surface area contributed by atoms with E-state index in [-0.39, 0.29) is 36.1 Å². The third-order valence-corrected chi connectivity index (χ3v) is 8.40. The maximum atomic E-state index is 13.5. The smallest absolute Gasteiger partial charge is 0.338 e. The van der Waals surface area contributed by atoms with E-state index >= 15 is 0 Å². The van der Waals surface area contributed by atoms with Crippen molar-refractivity contribution >= 4 is 11.9 Å². The SMILES string of the molecule is CC(C)C(CC1NCCO1)(OC(=O)c1cccc(C(=O)OC(CC2NCCO2)(C(C)C)C(C)C)c1)C(C)C. The zero-order valence-corrected chi connectivity index (χ0v) is 24.5. The van der Waals surface area contributed by atoms with Crippen LogP contribution in [0.3, 0.4) is 0 Å². The summed E-state index contributed by atoms with van der Waals surface area (Å²) in [6.07, 6.45) is 0.788. The Bertz CT molecular complexity index is 845. The van der Waals surface area contributed by atoms with Gasteiger partial charge in [-0.2, -0.15) is 0 Å². The maximum Gasteiger partial charge on any atom is 0.338 e. The molecule has 0 saturated carbocycles. The lowest BCUT2D eigenvalue weighted by atomic mass is 9.77. The Morgan fingerprint density at radius 1 is 0.763 bits per heavy atom. The minimum Gasteiger partial charge on any atom is -0.455 e. The number of ether oxygens (including phenoxy) is 4. The van der Waals surface area contributed by atoms with Gasteiger partial charge in [-0.3, -0.25) is 10.6 Å². The fraction of sp³-hybridized carbons (Fsp3) is 0.733. The van der Waals surface area contributed by atoms with E-state index in [2.05, 4.69) is 66.0 Å².